The molecule has 1 aromatic rings. The summed E-state index contributed by atoms with van der Waals surface area (Å²) in [6, 6.07) is 5.29. The molecule has 104 valence electrons. The molecule has 1 aromatic carbocycles. The van der Waals surface area contributed by atoms with Gasteiger partial charge >= 0.3 is 0 Å². The number of hydrogen-bond acceptors (Lipinski definition) is 4. The summed E-state index contributed by atoms with van der Waals surface area (Å²) in [7, 11) is 4.19. The third kappa shape index (κ3) is 3.16. The van der Waals surface area contributed by atoms with Crippen LogP contribution < -0.4 is 4.90 Å². The van der Waals surface area contributed by atoms with Gasteiger partial charge in [0.05, 0.1) is 15.6 Å². The highest BCUT2D eigenvalue weighted by Gasteiger charge is 2.22. The lowest BCUT2D eigenvalue weighted by Gasteiger charge is -2.36. The lowest BCUT2D eigenvalue weighted by atomic mass is 10.0. The van der Waals surface area contributed by atoms with Crippen LogP contribution >= 0.6 is 11.6 Å². The van der Waals surface area contributed by atoms with E-state index in [1.54, 1.807) is 6.07 Å². The monoisotopic (exact) mass is 283 g/mol. The quantitative estimate of drug-likeness (QED) is 0.632. The Balaban J connectivity index is 2.09. The van der Waals surface area contributed by atoms with Crippen molar-refractivity contribution in [2.24, 2.45) is 0 Å². The number of benzene rings is 1. The summed E-state index contributed by atoms with van der Waals surface area (Å²) in [6.45, 7) is 1.86. The summed E-state index contributed by atoms with van der Waals surface area (Å²) in [5.74, 6) is 0. The first-order chi connectivity index (χ1) is 8.99. The van der Waals surface area contributed by atoms with Gasteiger partial charge in [0, 0.05) is 31.3 Å². The lowest BCUT2D eigenvalue weighted by molar-refractivity contribution is -0.384. The van der Waals surface area contributed by atoms with Gasteiger partial charge in [0.25, 0.3) is 5.69 Å². The van der Waals surface area contributed by atoms with Crippen LogP contribution in [0.2, 0.25) is 5.02 Å². The fourth-order valence-corrected chi connectivity index (χ4v) is 2.78. The zero-order valence-corrected chi connectivity index (χ0v) is 11.9. The molecule has 0 aromatic heterocycles. The van der Waals surface area contributed by atoms with Gasteiger partial charge < -0.3 is 9.80 Å². The number of non-ortho nitro benzene ring substituents is 1. The highest BCUT2D eigenvalue weighted by atomic mass is 35.5. The lowest BCUT2D eigenvalue weighted by Crippen LogP contribution is -2.42. The number of nitro groups is 1. The first kappa shape index (κ1) is 14.1. The molecule has 0 aliphatic carbocycles. The largest absolute Gasteiger partial charge is 0.370 e. The fourth-order valence-electron chi connectivity index (χ4n) is 2.49. The van der Waals surface area contributed by atoms with Crippen molar-refractivity contribution in [1.29, 1.82) is 0 Å². The Bertz CT molecular complexity index is 471. The average molecular weight is 284 g/mol. The van der Waals surface area contributed by atoms with Crippen LogP contribution in [0.5, 0.6) is 0 Å². The predicted molar refractivity (Wildman–Crippen MR) is 77.0 cm³/mol. The molecule has 19 heavy (non-hydrogen) atoms. The second-order valence-corrected chi connectivity index (χ2v) is 5.48. The standard InChI is InChI=1S/C13H18ClN3O2/c1-15(2)10-5-7-16(8-6-10)13-4-3-11(17(18)19)9-12(13)14/h3-4,9-10H,5-8H2,1-2H3. The van der Waals surface area contributed by atoms with Gasteiger partial charge in [0.1, 0.15) is 0 Å². The van der Waals surface area contributed by atoms with Gasteiger partial charge in [-0.1, -0.05) is 11.6 Å². The molecule has 1 saturated heterocycles. The minimum Gasteiger partial charge on any atom is -0.370 e. The number of hydrogen-bond donors (Lipinski definition) is 0. The van der Waals surface area contributed by atoms with Crippen LogP contribution in [-0.2, 0) is 0 Å². The first-order valence-electron chi connectivity index (χ1n) is 6.34. The molecule has 1 heterocycles. The molecular formula is C13H18ClN3O2. The normalized spacial score (nSPS) is 16.9. The van der Waals surface area contributed by atoms with Gasteiger partial charge in [-0.2, -0.15) is 0 Å². The van der Waals surface area contributed by atoms with Crippen molar-refractivity contribution < 1.29 is 4.92 Å². The van der Waals surface area contributed by atoms with Crippen molar-refractivity contribution in [2.75, 3.05) is 32.1 Å². The molecule has 1 fully saturated rings. The van der Waals surface area contributed by atoms with E-state index in [1.807, 2.05) is 0 Å². The SMILES string of the molecule is CN(C)C1CCN(c2ccc([N+](=O)[O-])cc2Cl)CC1. The van der Waals surface area contributed by atoms with E-state index in [1.165, 1.54) is 12.1 Å². The van der Waals surface area contributed by atoms with Crippen molar-refractivity contribution in [1.82, 2.24) is 4.90 Å². The molecule has 0 atom stereocenters. The Labute approximate surface area is 117 Å². The second kappa shape index (κ2) is 5.75. The van der Waals surface area contributed by atoms with Crippen LogP contribution in [0.15, 0.2) is 18.2 Å². The zero-order chi connectivity index (χ0) is 14.0. The van der Waals surface area contributed by atoms with Crippen LogP contribution in [0.4, 0.5) is 11.4 Å². The van der Waals surface area contributed by atoms with Crippen LogP contribution in [0, 0.1) is 10.1 Å². The number of halogens is 1. The third-order valence-corrected chi connectivity index (χ3v) is 3.98. The Morgan fingerprint density at radius 2 is 2.00 bits per heavy atom. The fraction of sp³-hybridized carbons (Fsp3) is 0.538. The van der Waals surface area contributed by atoms with Crippen molar-refractivity contribution in [3.8, 4) is 0 Å². The average Bonchev–Trinajstić information content (AvgIpc) is 2.38. The summed E-state index contributed by atoms with van der Waals surface area (Å²) in [5, 5.41) is 11.1. The molecule has 0 saturated carbocycles. The van der Waals surface area contributed by atoms with E-state index < -0.39 is 4.92 Å². The maximum absolute atomic E-state index is 10.7. The van der Waals surface area contributed by atoms with Crippen LogP contribution in [0.25, 0.3) is 0 Å². The van der Waals surface area contributed by atoms with E-state index in [2.05, 4.69) is 23.9 Å². The minimum absolute atomic E-state index is 0.0388. The number of anilines is 1. The molecule has 1 aliphatic heterocycles. The summed E-state index contributed by atoms with van der Waals surface area (Å²) >= 11 is 6.15. The van der Waals surface area contributed by atoms with Gasteiger partial charge in [0.15, 0.2) is 0 Å². The molecule has 2 rings (SSSR count). The summed E-state index contributed by atoms with van der Waals surface area (Å²) < 4.78 is 0. The smallest absolute Gasteiger partial charge is 0.271 e. The van der Waals surface area contributed by atoms with Crippen LogP contribution in [-0.4, -0.2) is 43.0 Å². The minimum atomic E-state index is -0.423. The summed E-state index contributed by atoms with van der Waals surface area (Å²) in [4.78, 5) is 14.7. The molecule has 0 bridgehead atoms. The molecule has 0 amide bonds. The number of nitrogens with zero attached hydrogens (tertiary/aromatic N) is 3. The number of piperidine rings is 1. The first-order valence-corrected chi connectivity index (χ1v) is 6.72. The Morgan fingerprint density at radius 3 is 2.47 bits per heavy atom. The van der Waals surface area contributed by atoms with Gasteiger partial charge in [0.2, 0.25) is 0 Å². The highest BCUT2D eigenvalue weighted by molar-refractivity contribution is 6.33. The Hall–Kier alpha value is -1.33. The van der Waals surface area contributed by atoms with Gasteiger partial charge in [-0.3, -0.25) is 10.1 Å². The number of rotatable bonds is 3. The van der Waals surface area contributed by atoms with Gasteiger partial charge in [-0.25, -0.2) is 0 Å². The van der Waals surface area contributed by atoms with Crippen molar-refractivity contribution in [2.45, 2.75) is 18.9 Å². The zero-order valence-electron chi connectivity index (χ0n) is 11.2. The molecule has 6 heteroatoms. The van der Waals surface area contributed by atoms with Crippen LogP contribution in [0.1, 0.15) is 12.8 Å². The van der Waals surface area contributed by atoms with E-state index in [0.29, 0.717) is 11.1 Å². The Kier molecular flexibility index (Phi) is 4.27. The van der Waals surface area contributed by atoms with Crippen molar-refractivity contribution >= 4 is 23.0 Å². The van der Waals surface area contributed by atoms with E-state index in [4.69, 9.17) is 11.6 Å². The third-order valence-electron chi connectivity index (χ3n) is 3.68. The maximum atomic E-state index is 10.7. The molecule has 0 unspecified atom stereocenters. The van der Waals surface area contributed by atoms with E-state index in [-0.39, 0.29) is 5.69 Å². The molecule has 5 nitrogen and oxygen atoms in total. The predicted octanol–water partition coefficient (Wildman–Crippen LogP) is 2.78. The Morgan fingerprint density at radius 1 is 1.37 bits per heavy atom. The van der Waals surface area contributed by atoms with Crippen LogP contribution in [0.3, 0.4) is 0 Å². The maximum Gasteiger partial charge on any atom is 0.271 e. The molecule has 0 radical (unpaired) electrons. The second-order valence-electron chi connectivity index (χ2n) is 5.07. The molecular weight excluding hydrogens is 266 g/mol. The van der Waals surface area contributed by atoms with E-state index in [0.717, 1.165) is 31.6 Å². The van der Waals surface area contributed by atoms with Crippen molar-refractivity contribution in [3.05, 3.63) is 33.3 Å². The van der Waals surface area contributed by atoms with Gasteiger partial charge in [-0.05, 0) is 33.0 Å². The van der Waals surface area contributed by atoms with E-state index >= 15 is 0 Å². The molecule has 0 N–H and O–H groups in total. The van der Waals surface area contributed by atoms with Gasteiger partial charge in [-0.15, -0.1) is 0 Å². The number of nitro benzene ring substituents is 1. The van der Waals surface area contributed by atoms with Crippen molar-refractivity contribution in [3.63, 3.8) is 0 Å². The van der Waals surface area contributed by atoms with E-state index in [9.17, 15) is 10.1 Å². The molecule has 0 spiro atoms. The highest BCUT2D eigenvalue weighted by Crippen LogP contribution is 2.31. The summed E-state index contributed by atoms with van der Waals surface area (Å²) in [5.41, 5.74) is 0.932. The molecule has 1 aliphatic rings. The summed E-state index contributed by atoms with van der Waals surface area (Å²) in [6.07, 6.45) is 2.17. The topological polar surface area (TPSA) is 49.6 Å².